The first kappa shape index (κ1) is 14.4. The Hall–Kier alpha value is -1.57. The molecule has 3 aromatic rings. The maximum Gasteiger partial charge on any atom is 0.124 e. The Morgan fingerprint density at radius 2 is 1.67 bits per heavy atom. The zero-order chi connectivity index (χ0) is 14.8. The summed E-state index contributed by atoms with van der Waals surface area (Å²) >= 11 is 12.5. The first-order valence-electron chi connectivity index (χ1n) is 6.70. The second-order valence-electron chi connectivity index (χ2n) is 5.02. The van der Waals surface area contributed by atoms with E-state index < -0.39 is 0 Å². The maximum absolute atomic E-state index is 13.1. The molecule has 3 rings (SSSR count). The van der Waals surface area contributed by atoms with E-state index in [9.17, 15) is 4.39 Å². The number of hydrogen-bond acceptors (Lipinski definition) is 0. The lowest BCUT2D eigenvalue weighted by molar-refractivity contribution is 0.627. The monoisotopic (exact) mass is 318 g/mol. The van der Waals surface area contributed by atoms with E-state index in [2.05, 4.69) is 30.3 Å². The second kappa shape index (κ2) is 6.05. The zero-order valence-electron chi connectivity index (χ0n) is 11.2. The SMILES string of the molecule is Fc1ccc(C(Cl)Cc2ccc3ccccc3c2)c(Cl)c1. The Kier molecular flexibility index (Phi) is 4.14. The van der Waals surface area contributed by atoms with Crippen molar-refractivity contribution < 1.29 is 4.39 Å². The molecule has 0 amide bonds. The molecule has 0 N–H and O–H groups in total. The fourth-order valence-corrected chi connectivity index (χ4v) is 3.16. The van der Waals surface area contributed by atoms with Gasteiger partial charge in [0.05, 0.1) is 5.38 Å². The van der Waals surface area contributed by atoms with Crippen LogP contribution in [-0.2, 0) is 6.42 Å². The van der Waals surface area contributed by atoms with Crippen molar-refractivity contribution in [3.63, 3.8) is 0 Å². The summed E-state index contributed by atoms with van der Waals surface area (Å²) in [6.45, 7) is 0. The molecule has 0 saturated heterocycles. The van der Waals surface area contributed by atoms with Crippen molar-refractivity contribution in [2.24, 2.45) is 0 Å². The molecule has 21 heavy (non-hydrogen) atoms. The van der Waals surface area contributed by atoms with Crippen molar-refractivity contribution in [3.8, 4) is 0 Å². The molecule has 0 nitrogen and oxygen atoms in total. The third-order valence-electron chi connectivity index (χ3n) is 3.53. The van der Waals surface area contributed by atoms with Crippen LogP contribution < -0.4 is 0 Å². The maximum atomic E-state index is 13.1. The Labute approximate surface area is 133 Å². The number of alkyl halides is 1. The summed E-state index contributed by atoms with van der Waals surface area (Å²) in [7, 11) is 0. The van der Waals surface area contributed by atoms with Crippen LogP contribution in [0.3, 0.4) is 0 Å². The van der Waals surface area contributed by atoms with Crippen LogP contribution in [0.5, 0.6) is 0 Å². The van der Waals surface area contributed by atoms with Gasteiger partial charge in [-0.2, -0.15) is 0 Å². The van der Waals surface area contributed by atoms with E-state index in [1.807, 2.05) is 12.1 Å². The van der Waals surface area contributed by atoms with E-state index in [-0.39, 0.29) is 11.2 Å². The number of hydrogen-bond donors (Lipinski definition) is 0. The highest BCUT2D eigenvalue weighted by molar-refractivity contribution is 6.32. The summed E-state index contributed by atoms with van der Waals surface area (Å²) in [5, 5.41) is 2.48. The molecule has 1 unspecified atom stereocenters. The van der Waals surface area contributed by atoms with Gasteiger partial charge in [0.2, 0.25) is 0 Å². The molecule has 0 saturated carbocycles. The molecule has 3 heteroatoms. The Morgan fingerprint density at radius 1 is 0.905 bits per heavy atom. The van der Waals surface area contributed by atoms with E-state index in [0.29, 0.717) is 11.4 Å². The normalized spacial score (nSPS) is 12.5. The summed E-state index contributed by atoms with van der Waals surface area (Å²) in [5.74, 6) is -0.349. The molecule has 0 radical (unpaired) electrons. The first-order chi connectivity index (χ1) is 10.1. The third kappa shape index (κ3) is 3.20. The van der Waals surface area contributed by atoms with Crippen LogP contribution in [-0.4, -0.2) is 0 Å². The average Bonchev–Trinajstić information content (AvgIpc) is 2.47. The standard InChI is InChI=1S/C18H13Cl2F/c19-17(16-8-7-15(21)11-18(16)20)10-12-5-6-13-3-1-2-4-14(13)9-12/h1-9,11,17H,10H2. The van der Waals surface area contributed by atoms with Crippen LogP contribution in [0, 0.1) is 5.82 Å². The highest BCUT2D eigenvalue weighted by Gasteiger charge is 2.13. The largest absolute Gasteiger partial charge is 0.207 e. The van der Waals surface area contributed by atoms with E-state index >= 15 is 0 Å². The lowest BCUT2D eigenvalue weighted by atomic mass is 10.0. The van der Waals surface area contributed by atoms with Gasteiger partial charge >= 0.3 is 0 Å². The smallest absolute Gasteiger partial charge is 0.124 e. The molecule has 0 spiro atoms. The molecule has 0 aliphatic rings. The van der Waals surface area contributed by atoms with Crippen LogP contribution >= 0.6 is 23.2 Å². The molecular formula is C18H13Cl2F. The van der Waals surface area contributed by atoms with Crippen molar-refractivity contribution in [1.82, 2.24) is 0 Å². The minimum Gasteiger partial charge on any atom is -0.207 e. The topological polar surface area (TPSA) is 0 Å². The highest BCUT2D eigenvalue weighted by Crippen LogP contribution is 2.31. The molecular weight excluding hydrogens is 306 g/mol. The lowest BCUT2D eigenvalue weighted by Gasteiger charge is -2.12. The van der Waals surface area contributed by atoms with Crippen LogP contribution in [0.15, 0.2) is 60.7 Å². The van der Waals surface area contributed by atoms with Gasteiger partial charge in [0.15, 0.2) is 0 Å². The van der Waals surface area contributed by atoms with Gasteiger partial charge in [0.1, 0.15) is 5.82 Å². The Morgan fingerprint density at radius 3 is 2.43 bits per heavy atom. The van der Waals surface area contributed by atoms with E-state index in [0.717, 1.165) is 11.1 Å². The first-order valence-corrected chi connectivity index (χ1v) is 7.51. The summed E-state index contributed by atoms with van der Waals surface area (Å²) in [4.78, 5) is 0. The molecule has 1 atom stereocenters. The third-order valence-corrected chi connectivity index (χ3v) is 4.25. The van der Waals surface area contributed by atoms with E-state index in [4.69, 9.17) is 23.2 Å². The molecule has 0 aliphatic carbocycles. The quantitative estimate of drug-likeness (QED) is 0.508. The molecule has 0 fully saturated rings. The van der Waals surface area contributed by atoms with Crippen molar-refractivity contribution >= 4 is 34.0 Å². The molecule has 3 aromatic carbocycles. The average molecular weight is 319 g/mol. The van der Waals surface area contributed by atoms with Crippen LogP contribution in [0.1, 0.15) is 16.5 Å². The predicted molar refractivity (Wildman–Crippen MR) is 87.7 cm³/mol. The summed E-state index contributed by atoms with van der Waals surface area (Å²) in [5.41, 5.74) is 1.89. The summed E-state index contributed by atoms with van der Waals surface area (Å²) < 4.78 is 13.1. The number of benzene rings is 3. The number of rotatable bonds is 3. The van der Waals surface area contributed by atoms with Gasteiger partial charge in [-0.25, -0.2) is 4.39 Å². The van der Waals surface area contributed by atoms with Gasteiger partial charge in [0, 0.05) is 5.02 Å². The van der Waals surface area contributed by atoms with Crippen molar-refractivity contribution in [1.29, 1.82) is 0 Å². The molecule has 0 aromatic heterocycles. The Bertz CT molecular complexity index is 783. The van der Waals surface area contributed by atoms with Gasteiger partial charge in [0.25, 0.3) is 0 Å². The summed E-state index contributed by atoms with van der Waals surface area (Å²) in [6, 6.07) is 18.8. The number of halogens is 3. The molecule has 0 aliphatic heterocycles. The van der Waals surface area contributed by atoms with Crippen molar-refractivity contribution in [2.45, 2.75) is 11.8 Å². The second-order valence-corrected chi connectivity index (χ2v) is 5.95. The van der Waals surface area contributed by atoms with Crippen molar-refractivity contribution in [3.05, 3.63) is 82.6 Å². The van der Waals surface area contributed by atoms with Crippen LogP contribution in [0.4, 0.5) is 4.39 Å². The number of fused-ring (bicyclic) bond motifs is 1. The van der Waals surface area contributed by atoms with Crippen molar-refractivity contribution in [2.75, 3.05) is 0 Å². The molecule has 106 valence electrons. The van der Waals surface area contributed by atoms with Gasteiger partial charge in [-0.05, 0) is 40.5 Å². The van der Waals surface area contributed by atoms with Gasteiger partial charge < -0.3 is 0 Å². The fourth-order valence-electron chi connectivity index (χ4n) is 2.44. The molecule has 0 heterocycles. The zero-order valence-corrected chi connectivity index (χ0v) is 12.7. The Balaban J connectivity index is 1.87. The predicted octanol–water partition coefficient (Wildman–Crippen LogP) is 6.15. The lowest BCUT2D eigenvalue weighted by Crippen LogP contribution is -1.97. The van der Waals surface area contributed by atoms with E-state index in [1.54, 1.807) is 6.07 Å². The van der Waals surface area contributed by atoms with Gasteiger partial charge in [-0.1, -0.05) is 60.1 Å². The van der Waals surface area contributed by atoms with E-state index in [1.165, 1.54) is 22.9 Å². The van der Waals surface area contributed by atoms with Crippen LogP contribution in [0.2, 0.25) is 5.02 Å². The minimum atomic E-state index is -0.349. The fraction of sp³-hybridized carbons (Fsp3) is 0.111. The highest BCUT2D eigenvalue weighted by atomic mass is 35.5. The van der Waals surface area contributed by atoms with Gasteiger partial charge in [-0.15, -0.1) is 11.6 Å². The molecule has 0 bridgehead atoms. The van der Waals surface area contributed by atoms with Crippen LogP contribution in [0.25, 0.3) is 10.8 Å². The minimum absolute atomic E-state index is 0.278. The van der Waals surface area contributed by atoms with Gasteiger partial charge in [-0.3, -0.25) is 0 Å². The summed E-state index contributed by atoms with van der Waals surface area (Å²) in [6.07, 6.45) is 0.651.